The highest BCUT2D eigenvalue weighted by atomic mass is 32.1. The number of nitrogens with one attached hydrogen (secondary N) is 2. The van der Waals surface area contributed by atoms with Crippen LogP contribution in [0, 0.1) is 0 Å². The van der Waals surface area contributed by atoms with E-state index in [1.54, 1.807) is 0 Å². The highest BCUT2D eigenvalue weighted by Gasteiger charge is 2.00. The van der Waals surface area contributed by atoms with Crippen LogP contribution >= 0.6 is 12.2 Å². The van der Waals surface area contributed by atoms with Gasteiger partial charge in [-0.3, -0.25) is 5.43 Å². The molecule has 1 rings (SSSR count). The lowest BCUT2D eigenvalue weighted by Gasteiger charge is -2.08. The van der Waals surface area contributed by atoms with Gasteiger partial charge in [0.15, 0.2) is 5.11 Å². The van der Waals surface area contributed by atoms with Gasteiger partial charge >= 0.3 is 0 Å². The smallest absolute Gasteiger partial charge is 0.187 e. The van der Waals surface area contributed by atoms with Crippen LogP contribution in [-0.4, -0.2) is 17.9 Å². The highest BCUT2D eigenvalue weighted by molar-refractivity contribution is 7.80. The maximum atomic E-state index is 5.06. The Bertz CT molecular complexity index is 426. The van der Waals surface area contributed by atoms with Crippen LogP contribution in [0.2, 0.25) is 0 Å². The summed E-state index contributed by atoms with van der Waals surface area (Å²) in [6, 6.07) is 10.2. The highest BCUT2D eigenvalue weighted by Crippen LogP contribution is 2.11. The molecule has 96 valence electrons. The van der Waals surface area contributed by atoms with Gasteiger partial charge in [0.1, 0.15) is 0 Å². The van der Waals surface area contributed by atoms with Crippen molar-refractivity contribution in [3.63, 3.8) is 0 Å². The van der Waals surface area contributed by atoms with Crippen molar-refractivity contribution in [2.24, 2.45) is 5.10 Å². The lowest BCUT2D eigenvalue weighted by molar-refractivity contribution is 0.906. The van der Waals surface area contributed by atoms with Gasteiger partial charge in [0, 0.05) is 18.7 Å². The third-order valence-corrected chi connectivity index (χ3v) is 2.58. The number of hydrogen-bond donors (Lipinski definition) is 2. The summed E-state index contributed by atoms with van der Waals surface area (Å²) >= 11 is 5.06. The number of rotatable bonds is 5. The standard InChI is InChI=1S/C14H19N3S/c1-11(2)9-15-14(18)17-16-10-12(3)13-7-5-4-6-8-13/h4-8,10,12H,1,9H2,2-3H3,(H2,15,17,18)/b16-10-/t12-/m0/s1. The molecule has 1 aromatic rings. The Labute approximate surface area is 114 Å². The Morgan fingerprint density at radius 3 is 2.72 bits per heavy atom. The van der Waals surface area contributed by atoms with E-state index < -0.39 is 0 Å². The molecule has 0 saturated heterocycles. The predicted molar refractivity (Wildman–Crippen MR) is 81.9 cm³/mol. The monoisotopic (exact) mass is 261 g/mol. The van der Waals surface area contributed by atoms with Gasteiger partial charge in [-0.05, 0) is 24.7 Å². The van der Waals surface area contributed by atoms with Crippen molar-refractivity contribution in [2.45, 2.75) is 19.8 Å². The van der Waals surface area contributed by atoms with Gasteiger partial charge in [-0.15, -0.1) is 0 Å². The van der Waals surface area contributed by atoms with E-state index in [2.05, 4.69) is 41.5 Å². The zero-order valence-corrected chi connectivity index (χ0v) is 11.6. The third-order valence-electron chi connectivity index (χ3n) is 2.34. The normalized spacial score (nSPS) is 12.1. The first-order valence-electron chi connectivity index (χ1n) is 5.86. The third kappa shape index (κ3) is 5.59. The summed E-state index contributed by atoms with van der Waals surface area (Å²) in [6.07, 6.45) is 1.84. The van der Waals surface area contributed by atoms with Crippen LogP contribution in [-0.2, 0) is 0 Å². The van der Waals surface area contributed by atoms with Gasteiger partial charge in [-0.25, -0.2) is 0 Å². The van der Waals surface area contributed by atoms with Gasteiger partial charge in [-0.1, -0.05) is 49.4 Å². The summed E-state index contributed by atoms with van der Waals surface area (Å²) in [7, 11) is 0. The lowest BCUT2D eigenvalue weighted by atomic mass is 10.0. The molecule has 1 atom stereocenters. The topological polar surface area (TPSA) is 36.4 Å². The van der Waals surface area contributed by atoms with Crippen LogP contribution in [0.5, 0.6) is 0 Å². The van der Waals surface area contributed by atoms with Crippen LogP contribution in [0.15, 0.2) is 47.6 Å². The molecule has 0 aliphatic rings. The fraction of sp³-hybridized carbons (Fsp3) is 0.286. The van der Waals surface area contributed by atoms with Crippen LogP contribution in [0.3, 0.4) is 0 Å². The maximum absolute atomic E-state index is 5.06. The summed E-state index contributed by atoms with van der Waals surface area (Å²) in [5.41, 5.74) is 5.04. The molecule has 0 aliphatic heterocycles. The number of hydrazone groups is 1. The molecule has 0 spiro atoms. The van der Waals surface area contributed by atoms with E-state index in [1.807, 2.05) is 31.3 Å². The minimum atomic E-state index is 0.252. The molecular formula is C14H19N3S. The van der Waals surface area contributed by atoms with Crippen molar-refractivity contribution in [3.8, 4) is 0 Å². The summed E-state index contributed by atoms with van der Waals surface area (Å²) < 4.78 is 0. The molecule has 0 bridgehead atoms. The summed E-state index contributed by atoms with van der Waals surface area (Å²) in [6.45, 7) is 8.48. The molecule has 18 heavy (non-hydrogen) atoms. The van der Waals surface area contributed by atoms with Crippen molar-refractivity contribution in [3.05, 3.63) is 48.0 Å². The SMILES string of the molecule is C=C(C)CNC(=S)N/N=C\[C@H](C)c1ccccc1. The van der Waals surface area contributed by atoms with Gasteiger partial charge < -0.3 is 5.32 Å². The van der Waals surface area contributed by atoms with Crippen molar-refractivity contribution in [2.75, 3.05) is 6.54 Å². The van der Waals surface area contributed by atoms with Gasteiger partial charge in [0.2, 0.25) is 0 Å². The molecule has 0 radical (unpaired) electrons. The molecule has 0 aliphatic carbocycles. The van der Waals surface area contributed by atoms with Crippen molar-refractivity contribution in [1.82, 2.24) is 10.7 Å². The maximum Gasteiger partial charge on any atom is 0.187 e. The van der Waals surface area contributed by atoms with Crippen LogP contribution in [0.1, 0.15) is 25.3 Å². The Morgan fingerprint density at radius 1 is 1.44 bits per heavy atom. The fourth-order valence-corrected chi connectivity index (χ4v) is 1.45. The molecule has 2 N–H and O–H groups in total. The van der Waals surface area contributed by atoms with Crippen molar-refractivity contribution in [1.29, 1.82) is 0 Å². The minimum absolute atomic E-state index is 0.252. The molecule has 4 heteroatoms. The van der Waals surface area contributed by atoms with E-state index in [0.717, 1.165) is 5.57 Å². The summed E-state index contributed by atoms with van der Waals surface area (Å²) in [5, 5.41) is 7.63. The predicted octanol–water partition coefficient (Wildman–Crippen LogP) is 2.82. The zero-order valence-electron chi connectivity index (χ0n) is 10.8. The summed E-state index contributed by atoms with van der Waals surface area (Å²) in [4.78, 5) is 0. The average Bonchev–Trinajstić information content (AvgIpc) is 2.37. The number of benzene rings is 1. The van der Waals surface area contributed by atoms with E-state index in [0.29, 0.717) is 11.7 Å². The van der Waals surface area contributed by atoms with Gasteiger partial charge in [0.05, 0.1) is 0 Å². The molecule has 0 saturated carbocycles. The zero-order chi connectivity index (χ0) is 13.4. The molecule has 0 aromatic heterocycles. The Balaban J connectivity index is 2.36. The molecule has 0 fully saturated rings. The quantitative estimate of drug-likeness (QED) is 0.370. The second kappa shape index (κ2) is 7.61. The van der Waals surface area contributed by atoms with Crippen molar-refractivity contribution >= 4 is 23.5 Å². The van der Waals surface area contributed by atoms with E-state index >= 15 is 0 Å². The van der Waals surface area contributed by atoms with Crippen LogP contribution < -0.4 is 10.7 Å². The molecule has 0 amide bonds. The average molecular weight is 261 g/mol. The Morgan fingerprint density at radius 2 is 2.11 bits per heavy atom. The van der Waals surface area contributed by atoms with Crippen molar-refractivity contribution < 1.29 is 0 Å². The van der Waals surface area contributed by atoms with E-state index in [4.69, 9.17) is 12.2 Å². The van der Waals surface area contributed by atoms with Crippen LogP contribution in [0.25, 0.3) is 0 Å². The fourth-order valence-electron chi connectivity index (χ4n) is 1.32. The molecule has 1 aromatic carbocycles. The first-order valence-corrected chi connectivity index (χ1v) is 6.26. The molecule has 0 heterocycles. The second-order valence-corrected chi connectivity index (χ2v) is 4.64. The molecule has 0 unspecified atom stereocenters. The van der Waals surface area contributed by atoms with E-state index in [-0.39, 0.29) is 5.92 Å². The second-order valence-electron chi connectivity index (χ2n) is 4.23. The summed E-state index contributed by atoms with van der Waals surface area (Å²) in [5.74, 6) is 0.252. The number of thiocarbonyl (C=S) groups is 1. The van der Waals surface area contributed by atoms with E-state index in [9.17, 15) is 0 Å². The lowest BCUT2D eigenvalue weighted by Crippen LogP contribution is -2.33. The Hall–Kier alpha value is -1.68. The first-order chi connectivity index (χ1) is 8.59. The van der Waals surface area contributed by atoms with E-state index in [1.165, 1.54) is 5.56 Å². The van der Waals surface area contributed by atoms with Gasteiger partial charge in [-0.2, -0.15) is 5.10 Å². The Kier molecular flexibility index (Phi) is 6.08. The molecule has 3 nitrogen and oxygen atoms in total. The number of hydrogen-bond acceptors (Lipinski definition) is 2. The first kappa shape index (κ1) is 14.4. The van der Waals surface area contributed by atoms with Gasteiger partial charge in [0.25, 0.3) is 0 Å². The van der Waals surface area contributed by atoms with Crippen LogP contribution in [0.4, 0.5) is 0 Å². The molecular weight excluding hydrogens is 242 g/mol. The largest absolute Gasteiger partial charge is 0.358 e. The number of nitrogens with zero attached hydrogens (tertiary/aromatic N) is 1. The minimum Gasteiger partial charge on any atom is -0.358 e.